The number of hydrogen-bond acceptors (Lipinski definition) is 2. The lowest BCUT2D eigenvalue weighted by molar-refractivity contribution is -0.126. The van der Waals surface area contributed by atoms with E-state index in [0.717, 1.165) is 19.3 Å². The predicted molar refractivity (Wildman–Crippen MR) is 62.4 cm³/mol. The molecular weight excluding hydrogens is 188 g/mol. The molecule has 0 spiro atoms. The first kappa shape index (κ1) is 12.5. The van der Waals surface area contributed by atoms with Crippen molar-refractivity contribution in [3.8, 4) is 0 Å². The van der Waals surface area contributed by atoms with Gasteiger partial charge in [0.2, 0.25) is 5.91 Å². The summed E-state index contributed by atoms with van der Waals surface area (Å²) in [5, 5.41) is 3.06. The molecule has 3 N–H and O–H groups in total. The standard InChI is InChI=1S/C12H24N2O/c1-9(13)8-10(2)14-12(15)11-6-4-3-5-7-11/h9-11H,3-8,13H2,1-2H3,(H,14,15). The van der Waals surface area contributed by atoms with Crippen LogP contribution in [-0.2, 0) is 4.79 Å². The molecule has 0 saturated heterocycles. The van der Waals surface area contributed by atoms with Crippen molar-refractivity contribution in [2.75, 3.05) is 0 Å². The highest BCUT2D eigenvalue weighted by Gasteiger charge is 2.22. The minimum absolute atomic E-state index is 0.159. The van der Waals surface area contributed by atoms with E-state index in [0.29, 0.717) is 0 Å². The largest absolute Gasteiger partial charge is 0.353 e. The molecule has 0 aromatic rings. The van der Waals surface area contributed by atoms with Crippen LogP contribution in [0.3, 0.4) is 0 Å². The van der Waals surface area contributed by atoms with Crippen LogP contribution in [0.15, 0.2) is 0 Å². The van der Waals surface area contributed by atoms with Crippen LogP contribution in [0, 0.1) is 5.92 Å². The third-order valence-electron chi connectivity index (χ3n) is 3.09. The zero-order valence-electron chi connectivity index (χ0n) is 9.96. The highest BCUT2D eigenvalue weighted by Crippen LogP contribution is 2.23. The van der Waals surface area contributed by atoms with Crippen LogP contribution in [0.5, 0.6) is 0 Å². The summed E-state index contributed by atoms with van der Waals surface area (Å²) in [6.07, 6.45) is 6.70. The summed E-state index contributed by atoms with van der Waals surface area (Å²) in [5.74, 6) is 0.497. The van der Waals surface area contributed by atoms with Gasteiger partial charge in [-0.15, -0.1) is 0 Å². The molecular formula is C12H24N2O. The van der Waals surface area contributed by atoms with E-state index in [-0.39, 0.29) is 23.9 Å². The van der Waals surface area contributed by atoms with Gasteiger partial charge in [-0.25, -0.2) is 0 Å². The van der Waals surface area contributed by atoms with Crippen molar-refractivity contribution in [3.05, 3.63) is 0 Å². The second-order valence-electron chi connectivity index (χ2n) is 4.96. The molecule has 1 fully saturated rings. The lowest BCUT2D eigenvalue weighted by atomic mass is 9.88. The Morgan fingerprint density at radius 2 is 1.93 bits per heavy atom. The van der Waals surface area contributed by atoms with Crippen molar-refractivity contribution in [1.29, 1.82) is 0 Å². The predicted octanol–water partition coefficient (Wildman–Crippen LogP) is 1.81. The Morgan fingerprint density at radius 3 is 2.47 bits per heavy atom. The van der Waals surface area contributed by atoms with Crippen molar-refractivity contribution >= 4 is 5.91 Å². The van der Waals surface area contributed by atoms with E-state index >= 15 is 0 Å². The van der Waals surface area contributed by atoms with Crippen molar-refractivity contribution in [3.63, 3.8) is 0 Å². The van der Waals surface area contributed by atoms with Crippen molar-refractivity contribution in [2.45, 2.75) is 64.5 Å². The Labute approximate surface area is 92.8 Å². The summed E-state index contributed by atoms with van der Waals surface area (Å²) >= 11 is 0. The molecule has 2 unspecified atom stereocenters. The van der Waals surface area contributed by atoms with E-state index in [1.165, 1.54) is 19.3 Å². The number of nitrogens with two attached hydrogens (primary N) is 1. The molecule has 88 valence electrons. The normalized spacial score (nSPS) is 22.1. The van der Waals surface area contributed by atoms with Crippen LogP contribution in [0.1, 0.15) is 52.4 Å². The van der Waals surface area contributed by atoms with Gasteiger partial charge in [-0.05, 0) is 33.1 Å². The van der Waals surface area contributed by atoms with E-state index < -0.39 is 0 Å². The summed E-state index contributed by atoms with van der Waals surface area (Å²) in [6, 6.07) is 0.367. The van der Waals surface area contributed by atoms with E-state index in [9.17, 15) is 4.79 Å². The van der Waals surface area contributed by atoms with E-state index in [2.05, 4.69) is 5.32 Å². The van der Waals surface area contributed by atoms with Crippen molar-refractivity contribution < 1.29 is 4.79 Å². The molecule has 1 aliphatic carbocycles. The van der Waals surface area contributed by atoms with Gasteiger partial charge in [0.15, 0.2) is 0 Å². The fourth-order valence-corrected chi connectivity index (χ4v) is 2.34. The first-order valence-corrected chi connectivity index (χ1v) is 6.15. The molecule has 1 saturated carbocycles. The van der Waals surface area contributed by atoms with E-state index in [1.807, 2.05) is 13.8 Å². The Balaban J connectivity index is 2.27. The van der Waals surface area contributed by atoms with Crippen LogP contribution in [-0.4, -0.2) is 18.0 Å². The average Bonchev–Trinajstić information content (AvgIpc) is 2.17. The van der Waals surface area contributed by atoms with Gasteiger partial charge in [0, 0.05) is 18.0 Å². The molecule has 1 rings (SSSR count). The van der Waals surface area contributed by atoms with Gasteiger partial charge in [0.25, 0.3) is 0 Å². The molecule has 3 nitrogen and oxygen atoms in total. The monoisotopic (exact) mass is 212 g/mol. The molecule has 2 atom stereocenters. The number of amides is 1. The van der Waals surface area contributed by atoms with Gasteiger partial charge < -0.3 is 11.1 Å². The maximum absolute atomic E-state index is 11.8. The lowest BCUT2D eigenvalue weighted by Gasteiger charge is -2.23. The van der Waals surface area contributed by atoms with Gasteiger partial charge in [0.05, 0.1) is 0 Å². The average molecular weight is 212 g/mol. The third kappa shape index (κ3) is 4.65. The Kier molecular flexibility index (Phi) is 5.09. The summed E-state index contributed by atoms with van der Waals surface area (Å²) in [4.78, 5) is 11.8. The lowest BCUT2D eigenvalue weighted by Crippen LogP contribution is -2.40. The number of rotatable bonds is 4. The van der Waals surface area contributed by atoms with Crippen LogP contribution in [0.25, 0.3) is 0 Å². The van der Waals surface area contributed by atoms with Crippen LogP contribution in [0.2, 0.25) is 0 Å². The van der Waals surface area contributed by atoms with Crippen molar-refractivity contribution in [1.82, 2.24) is 5.32 Å². The molecule has 1 amide bonds. The van der Waals surface area contributed by atoms with E-state index in [4.69, 9.17) is 5.73 Å². The third-order valence-corrected chi connectivity index (χ3v) is 3.09. The summed E-state index contributed by atoms with van der Waals surface area (Å²) in [5.41, 5.74) is 5.70. The Hall–Kier alpha value is -0.570. The SMILES string of the molecule is CC(N)CC(C)NC(=O)C1CCCCC1. The second kappa shape index (κ2) is 6.11. The summed E-state index contributed by atoms with van der Waals surface area (Å²) in [7, 11) is 0. The fourth-order valence-electron chi connectivity index (χ4n) is 2.34. The number of hydrogen-bond donors (Lipinski definition) is 2. The van der Waals surface area contributed by atoms with Gasteiger partial charge in [-0.3, -0.25) is 4.79 Å². The van der Waals surface area contributed by atoms with Crippen LogP contribution in [0.4, 0.5) is 0 Å². The first-order valence-electron chi connectivity index (χ1n) is 6.15. The number of carbonyl (C=O) groups excluding carboxylic acids is 1. The summed E-state index contributed by atoms with van der Waals surface area (Å²) in [6.45, 7) is 4.01. The second-order valence-corrected chi connectivity index (χ2v) is 4.96. The van der Waals surface area contributed by atoms with Crippen LogP contribution >= 0.6 is 0 Å². The number of carbonyl (C=O) groups is 1. The summed E-state index contributed by atoms with van der Waals surface area (Å²) < 4.78 is 0. The highest BCUT2D eigenvalue weighted by molar-refractivity contribution is 5.78. The maximum atomic E-state index is 11.8. The van der Waals surface area contributed by atoms with Gasteiger partial charge in [0.1, 0.15) is 0 Å². The zero-order chi connectivity index (χ0) is 11.3. The maximum Gasteiger partial charge on any atom is 0.223 e. The highest BCUT2D eigenvalue weighted by atomic mass is 16.1. The van der Waals surface area contributed by atoms with Gasteiger partial charge >= 0.3 is 0 Å². The topological polar surface area (TPSA) is 55.1 Å². The van der Waals surface area contributed by atoms with Crippen LogP contribution < -0.4 is 11.1 Å². The van der Waals surface area contributed by atoms with Crippen molar-refractivity contribution in [2.24, 2.45) is 11.7 Å². The minimum atomic E-state index is 0.159. The minimum Gasteiger partial charge on any atom is -0.353 e. The molecule has 1 aliphatic rings. The Bertz CT molecular complexity index is 198. The fraction of sp³-hybridized carbons (Fsp3) is 0.917. The smallest absolute Gasteiger partial charge is 0.223 e. The molecule has 15 heavy (non-hydrogen) atoms. The van der Waals surface area contributed by atoms with Gasteiger partial charge in [-0.2, -0.15) is 0 Å². The quantitative estimate of drug-likeness (QED) is 0.746. The van der Waals surface area contributed by atoms with E-state index in [1.54, 1.807) is 0 Å². The Morgan fingerprint density at radius 1 is 1.33 bits per heavy atom. The molecule has 0 aromatic carbocycles. The molecule has 0 aromatic heterocycles. The molecule has 0 bridgehead atoms. The molecule has 0 radical (unpaired) electrons. The van der Waals surface area contributed by atoms with Gasteiger partial charge in [-0.1, -0.05) is 19.3 Å². The molecule has 0 aliphatic heterocycles. The zero-order valence-corrected chi connectivity index (χ0v) is 9.96. The first-order chi connectivity index (χ1) is 7.09. The molecule has 0 heterocycles. The molecule has 3 heteroatoms. The number of nitrogens with one attached hydrogen (secondary N) is 1.